The van der Waals surface area contributed by atoms with Crippen LogP contribution < -0.4 is 0 Å². The molecule has 0 aliphatic carbocycles. The van der Waals surface area contributed by atoms with Crippen LogP contribution in [0.15, 0.2) is 54.6 Å². The predicted octanol–water partition coefficient (Wildman–Crippen LogP) is 2.87. The minimum absolute atomic E-state index is 0.170. The summed E-state index contributed by atoms with van der Waals surface area (Å²) in [7, 11) is 1.38. The Balaban J connectivity index is 2.58. The summed E-state index contributed by atoms with van der Waals surface area (Å²) in [5, 5.41) is 9.37. The number of phenolic OH excluding ortho intramolecular Hbond substituents is 1. The molecule has 2 aromatic carbocycles. The summed E-state index contributed by atoms with van der Waals surface area (Å²) in [6.45, 7) is 1.82. The van der Waals surface area contributed by atoms with E-state index in [1.807, 2.05) is 37.3 Å². The number of ether oxygens (including phenoxy) is 1. The highest BCUT2D eigenvalue weighted by Crippen LogP contribution is 2.33. The Hall–Kier alpha value is -2.29. The number of esters is 1. The van der Waals surface area contributed by atoms with Gasteiger partial charge in [-0.3, -0.25) is 4.79 Å². The standard InChI is InChI=1S/C16H16O3/c1-16(15(18)19-2,12-6-4-3-5-7-12)13-8-10-14(17)11-9-13/h3-11,17H,1-2H3/t16-/m1/s1. The molecular formula is C16H16O3. The van der Waals surface area contributed by atoms with Crippen molar-refractivity contribution >= 4 is 5.97 Å². The third-order valence-electron chi connectivity index (χ3n) is 3.39. The van der Waals surface area contributed by atoms with Gasteiger partial charge in [0.25, 0.3) is 0 Å². The van der Waals surface area contributed by atoms with Crippen molar-refractivity contribution in [2.24, 2.45) is 0 Å². The zero-order valence-corrected chi connectivity index (χ0v) is 11.0. The molecule has 0 saturated carbocycles. The molecule has 2 aromatic rings. The summed E-state index contributed by atoms with van der Waals surface area (Å²) in [6.07, 6.45) is 0. The SMILES string of the molecule is COC(=O)[C@](C)(c1ccccc1)c1ccc(O)cc1. The first-order valence-corrected chi connectivity index (χ1v) is 6.02. The van der Waals surface area contributed by atoms with Crippen molar-refractivity contribution in [3.8, 4) is 5.75 Å². The highest BCUT2D eigenvalue weighted by Gasteiger charge is 2.38. The monoisotopic (exact) mass is 256 g/mol. The molecule has 0 amide bonds. The molecule has 0 unspecified atom stereocenters. The number of hydrogen-bond donors (Lipinski definition) is 1. The van der Waals surface area contributed by atoms with Gasteiger partial charge in [0, 0.05) is 0 Å². The average molecular weight is 256 g/mol. The number of methoxy groups -OCH3 is 1. The van der Waals surface area contributed by atoms with Crippen molar-refractivity contribution in [2.45, 2.75) is 12.3 Å². The summed E-state index contributed by atoms with van der Waals surface area (Å²) in [5.41, 5.74) is 0.750. The molecule has 0 spiro atoms. The van der Waals surface area contributed by atoms with E-state index in [-0.39, 0.29) is 11.7 Å². The molecule has 19 heavy (non-hydrogen) atoms. The van der Waals surface area contributed by atoms with Crippen LogP contribution in [0.5, 0.6) is 5.75 Å². The molecule has 0 fully saturated rings. The highest BCUT2D eigenvalue weighted by atomic mass is 16.5. The van der Waals surface area contributed by atoms with E-state index in [1.54, 1.807) is 24.3 Å². The Morgan fingerprint density at radius 2 is 1.53 bits per heavy atom. The van der Waals surface area contributed by atoms with Crippen LogP contribution in [0.3, 0.4) is 0 Å². The summed E-state index contributed by atoms with van der Waals surface area (Å²) in [6, 6.07) is 16.1. The third kappa shape index (κ3) is 2.32. The highest BCUT2D eigenvalue weighted by molar-refractivity contribution is 5.87. The number of rotatable bonds is 3. The smallest absolute Gasteiger partial charge is 0.320 e. The normalized spacial score (nSPS) is 13.6. The molecule has 1 N–H and O–H groups in total. The quantitative estimate of drug-likeness (QED) is 0.859. The fraction of sp³-hybridized carbons (Fsp3) is 0.188. The van der Waals surface area contributed by atoms with Gasteiger partial charge in [0.15, 0.2) is 0 Å². The molecule has 3 nitrogen and oxygen atoms in total. The van der Waals surface area contributed by atoms with E-state index in [0.29, 0.717) is 0 Å². The van der Waals surface area contributed by atoms with Gasteiger partial charge in [-0.15, -0.1) is 0 Å². The van der Waals surface area contributed by atoms with Crippen molar-refractivity contribution in [1.29, 1.82) is 0 Å². The first-order chi connectivity index (χ1) is 9.09. The number of carbonyl (C=O) groups excluding carboxylic acids is 1. The van der Waals surface area contributed by atoms with Crippen LogP contribution in [0.2, 0.25) is 0 Å². The van der Waals surface area contributed by atoms with Crippen molar-refractivity contribution in [3.05, 3.63) is 65.7 Å². The Bertz CT molecular complexity index is 560. The first-order valence-electron chi connectivity index (χ1n) is 6.02. The second-order valence-corrected chi connectivity index (χ2v) is 4.53. The van der Waals surface area contributed by atoms with Crippen molar-refractivity contribution < 1.29 is 14.6 Å². The molecule has 1 atom stereocenters. The van der Waals surface area contributed by atoms with E-state index in [4.69, 9.17) is 4.74 Å². The summed E-state index contributed by atoms with van der Waals surface area (Å²) >= 11 is 0. The molecule has 0 aromatic heterocycles. The van der Waals surface area contributed by atoms with Crippen LogP contribution in [0.1, 0.15) is 18.1 Å². The lowest BCUT2D eigenvalue weighted by Crippen LogP contribution is -2.34. The summed E-state index contributed by atoms with van der Waals surface area (Å²) in [4.78, 5) is 12.2. The van der Waals surface area contributed by atoms with E-state index < -0.39 is 5.41 Å². The summed E-state index contributed by atoms with van der Waals surface area (Å²) < 4.78 is 4.95. The van der Waals surface area contributed by atoms with Crippen molar-refractivity contribution in [1.82, 2.24) is 0 Å². The molecule has 98 valence electrons. The van der Waals surface area contributed by atoms with Crippen LogP contribution in [-0.2, 0) is 14.9 Å². The van der Waals surface area contributed by atoms with Gasteiger partial charge in [-0.25, -0.2) is 0 Å². The molecular weight excluding hydrogens is 240 g/mol. The Morgan fingerprint density at radius 1 is 1.00 bits per heavy atom. The van der Waals surface area contributed by atoms with Gasteiger partial charge < -0.3 is 9.84 Å². The number of phenols is 1. The number of hydrogen-bond acceptors (Lipinski definition) is 3. The van der Waals surface area contributed by atoms with Crippen LogP contribution in [0, 0.1) is 0 Å². The third-order valence-corrected chi connectivity index (χ3v) is 3.39. The maximum Gasteiger partial charge on any atom is 0.320 e. The number of aromatic hydroxyl groups is 1. The van der Waals surface area contributed by atoms with Gasteiger partial charge in [-0.05, 0) is 30.2 Å². The van der Waals surface area contributed by atoms with E-state index in [2.05, 4.69) is 0 Å². The second-order valence-electron chi connectivity index (χ2n) is 4.53. The molecule has 0 radical (unpaired) electrons. The van der Waals surface area contributed by atoms with Gasteiger partial charge in [0.1, 0.15) is 11.2 Å². The maximum atomic E-state index is 12.2. The van der Waals surface area contributed by atoms with Gasteiger partial charge >= 0.3 is 5.97 Å². The van der Waals surface area contributed by atoms with E-state index in [0.717, 1.165) is 11.1 Å². The molecule has 0 saturated heterocycles. The molecule has 0 aliphatic heterocycles. The lowest BCUT2D eigenvalue weighted by Gasteiger charge is -2.27. The average Bonchev–Trinajstić information content (AvgIpc) is 2.47. The van der Waals surface area contributed by atoms with Crippen LogP contribution in [0.25, 0.3) is 0 Å². The Labute approximate surface area is 112 Å². The Morgan fingerprint density at radius 3 is 2.05 bits per heavy atom. The predicted molar refractivity (Wildman–Crippen MR) is 73.0 cm³/mol. The lowest BCUT2D eigenvalue weighted by molar-refractivity contribution is -0.145. The minimum atomic E-state index is -0.885. The fourth-order valence-corrected chi connectivity index (χ4v) is 2.17. The van der Waals surface area contributed by atoms with Gasteiger partial charge in [0.05, 0.1) is 7.11 Å². The fourth-order valence-electron chi connectivity index (χ4n) is 2.17. The van der Waals surface area contributed by atoms with Crippen LogP contribution >= 0.6 is 0 Å². The van der Waals surface area contributed by atoms with Crippen LogP contribution in [-0.4, -0.2) is 18.2 Å². The van der Waals surface area contributed by atoms with Gasteiger partial charge in [0.2, 0.25) is 0 Å². The van der Waals surface area contributed by atoms with Crippen molar-refractivity contribution in [3.63, 3.8) is 0 Å². The van der Waals surface area contributed by atoms with Gasteiger partial charge in [-0.2, -0.15) is 0 Å². The lowest BCUT2D eigenvalue weighted by atomic mass is 9.76. The molecule has 0 heterocycles. The zero-order valence-electron chi connectivity index (χ0n) is 11.0. The minimum Gasteiger partial charge on any atom is -0.508 e. The van der Waals surface area contributed by atoms with E-state index >= 15 is 0 Å². The first kappa shape index (κ1) is 13.1. The molecule has 0 aliphatic rings. The van der Waals surface area contributed by atoms with Crippen molar-refractivity contribution in [2.75, 3.05) is 7.11 Å². The zero-order chi connectivity index (χ0) is 13.9. The van der Waals surface area contributed by atoms with Crippen LogP contribution in [0.4, 0.5) is 0 Å². The van der Waals surface area contributed by atoms with E-state index in [9.17, 15) is 9.90 Å². The topological polar surface area (TPSA) is 46.5 Å². The van der Waals surface area contributed by atoms with E-state index in [1.165, 1.54) is 7.11 Å². The number of benzene rings is 2. The molecule has 2 rings (SSSR count). The maximum absolute atomic E-state index is 12.2. The largest absolute Gasteiger partial charge is 0.508 e. The Kier molecular flexibility index (Phi) is 3.56. The number of carbonyl (C=O) groups is 1. The molecule has 3 heteroatoms. The second kappa shape index (κ2) is 5.14. The molecule has 0 bridgehead atoms. The van der Waals surface area contributed by atoms with Gasteiger partial charge in [-0.1, -0.05) is 42.5 Å². The summed E-state index contributed by atoms with van der Waals surface area (Å²) in [5.74, 6) is -0.159.